The van der Waals surface area contributed by atoms with Gasteiger partial charge in [-0.2, -0.15) is 5.10 Å². The lowest BCUT2D eigenvalue weighted by Gasteiger charge is -2.07. The van der Waals surface area contributed by atoms with E-state index in [1.807, 2.05) is 20.8 Å². The summed E-state index contributed by atoms with van der Waals surface area (Å²) < 4.78 is 6.72. The highest BCUT2D eigenvalue weighted by Crippen LogP contribution is 2.19. The number of rotatable bonds is 6. The molecule has 0 N–H and O–H groups in total. The van der Waals surface area contributed by atoms with Crippen LogP contribution in [0, 0.1) is 24.0 Å². The maximum Gasteiger partial charge on any atom is 0.284 e. The maximum atomic E-state index is 12.3. The molecule has 0 aliphatic carbocycles. The van der Waals surface area contributed by atoms with E-state index in [0.29, 0.717) is 12.2 Å². The number of carbonyl (C=O) groups is 1. The molecule has 0 fully saturated rings. The van der Waals surface area contributed by atoms with Crippen LogP contribution < -0.4 is 4.74 Å². The number of non-ortho nitro benzene ring substituents is 1. The van der Waals surface area contributed by atoms with Crippen LogP contribution >= 0.6 is 0 Å². The van der Waals surface area contributed by atoms with Crippen molar-refractivity contribution in [1.29, 1.82) is 0 Å². The third-order valence-electron chi connectivity index (χ3n) is 3.57. The zero-order valence-electron chi connectivity index (χ0n) is 13.9. The number of nitrogens with zero attached hydrogens (tertiary/aromatic N) is 3. The molecule has 0 saturated carbocycles. The van der Waals surface area contributed by atoms with Crippen LogP contribution in [0.1, 0.15) is 28.7 Å². The number of nitro groups is 1. The Bertz CT molecular complexity index is 791. The van der Waals surface area contributed by atoms with Gasteiger partial charge in [0.15, 0.2) is 6.61 Å². The molecule has 1 aromatic carbocycles. The van der Waals surface area contributed by atoms with E-state index in [4.69, 9.17) is 4.74 Å². The van der Waals surface area contributed by atoms with Crippen molar-refractivity contribution in [2.45, 2.75) is 27.2 Å². The standard InChI is InChI=1S/C17H19N3O4/c1-11(2)9-16-12(3)18-19(13(16)4)17(21)10-24-15-7-5-14(6-8-15)20(22)23/h5-8H,1,9-10H2,2-4H3. The molecule has 0 saturated heterocycles. The maximum absolute atomic E-state index is 12.3. The molecule has 0 radical (unpaired) electrons. The Balaban J connectivity index is 2.07. The van der Waals surface area contributed by atoms with Crippen molar-refractivity contribution < 1.29 is 14.5 Å². The number of aryl methyl sites for hydroxylation is 1. The Morgan fingerprint density at radius 3 is 2.50 bits per heavy atom. The van der Waals surface area contributed by atoms with E-state index in [-0.39, 0.29) is 18.2 Å². The molecule has 0 atom stereocenters. The van der Waals surface area contributed by atoms with Crippen molar-refractivity contribution in [3.8, 4) is 5.75 Å². The van der Waals surface area contributed by atoms with E-state index in [2.05, 4.69) is 11.7 Å². The van der Waals surface area contributed by atoms with Crippen LogP contribution in [0.15, 0.2) is 36.4 Å². The summed E-state index contributed by atoms with van der Waals surface area (Å²) in [6.07, 6.45) is 0.675. The minimum absolute atomic E-state index is 0.0309. The summed E-state index contributed by atoms with van der Waals surface area (Å²) >= 11 is 0. The van der Waals surface area contributed by atoms with Gasteiger partial charge in [-0.15, -0.1) is 0 Å². The molecule has 1 aromatic heterocycles. The van der Waals surface area contributed by atoms with Crippen molar-refractivity contribution in [3.05, 3.63) is 63.5 Å². The summed E-state index contributed by atoms with van der Waals surface area (Å²) in [6.45, 7) is 9.30. The number of nitro benzene ring substituents is 1. The minimum atomic E-state index is -0.492. The summed E-state index contributed by atoms with van der Waals surface area (Å²) in [5.74, 6) is 0.0829. The molecule has 0 unspecified atom stereocenters. The molecular formula is C17H19N3O4. The average Bonchev–Trinajstić information content (AvgIpc) is 2.80. The molecule has 2 aromatic rings. The lowest BCUT2D eigenvalue weighted by Crippen LogP contribution is -2.21. The molecule has 2 rings (SSSR count). The number of allylic oxidation sites excluding steroid dienone is 1. The van der Waals surface area contributed by atoms with Gasteiger partial charge < -0.3 is 4.74 Å². The zero-order valence-corrected chi connectivity index (χ0v) is 13.9. The second-order valence-corrected chi connectivity index (χ2v) is 5.63. The van der Waals surface area contributed by atoms with E-state index < -0.39 is 4.92 Å². The third-order valence-corrected chi connectivity index (χ3v) is 3.57. The Labute approximate surface area is 139 Å². The van der Waals surface area contributed by atoms with Crippen LogP contribution in [0.4, 0.5) is 5.69 Å². The molecule has 0 aliphatic heterocycles. The van der Waals surface area contributed by atoms with Crippen molar-refractivity contribution in [2.75, 3.05) is 6.61 Å². The molecular weight excluding hydrogens is 310 g/mol. The van der Waals surface area contributed by atoms with Gasteiger partial charge in [0.05, 0.1) is 10.6 Å². The number of hydrogen-bond donors (Lipinski definition) is 0. The second kappa shape index (κ2) is 7.08. The summed E-state index contributed by atoms with van der Waals surface area (Å²) in [5.41, 5.74) is 3.52. The van der Waals surface area contributed by atoms with Crippen LogP contribution in [-0.2, 0) is 6.42 Å². The van der Waals surface area contributed by atoms with Gasteiger partial charge >= 0.3 is 0 Å². The first-order valence-corrected chi connectivity index (χ1v) is 7.39. The lowest BCUT2D eigenvalue weighted by atomic mass is 10.1. The van der Waals surface area contributed by atoms with E-state index >= 15 is 0 Å². The van der Waals surface area contributed by atoms with Gasteiger partial charge in [0.1, 0.15) is 5.75 Å². The van der Waals surface area contributed by atoms with Crippen molar-refractivity contribution in [1.82, 2.24) is 9.78 Å². The monoisotopic (exact) mass is 329 g/mol. The summed E-state index contributed by atoms with van der Waals surface area (Å²) in [5, 5.41) is 14.9. The van der Waals surface area contributed by atoms with Crippen LogP contribution in [0.5, 0.6) is 5.75 Å². The number of benzene rings is 1. The second-order valence-electron chi connectivity index (χ2n) is 5.63. The first-order chi connectivity index (χ1) is 11.3. The Morgan fingerprint density at radius 2 is 1.96 bits per heavy atom. The van der Waals surface area contributed by atoms with E-state index in [0.717, 1.165) is 22.5 Å². The van der Waals surface area contributed by atoms with Gasteiger partial charge in [-0.1, -0.05) is 12.2 Å². The van der Waals surface area contributed by atoms with Gasteiger partial charge in [-0.25, -0.2) is 4.68 Å². The zero-order chi connectivity index (χ0) is 17.9. The molecule has 24 heavy (non-hydrogen) atoms. The van der Waals surface area contributed by atoms with Gasteiger partial charge in [0.25, 0.3) is 11.6 Å². The summed E-state index contributed by atoms with van der Waals surface area (Å²) in [6, 6.07) is 5.57. The van der Waals surface area contributed by atoms with Crippen LogP contribution in [0.25, 0.3) is 0 Å². The highest BCUT2D eigenvalue weighted by atomic mass is 16.6. The highest BCUT2D eigenvalue weighted by Gasteiger charge is 2.17. The number of carbonyl (C=O) groups excluding carboxylic acids is 1. The smallest absolute Gasteiger partial charge is 0.284 e. The largest absolute Gasteiger partial charge is 0.484 e. The van der Waals surface area contributed by atoms with E-state index in [1.54, 1.807) is 0 Å². The quantitative estimate of drug-likeness (QED) is 0.461. The van der Waals surface area contributed by atoms with Gasteiger partial charge in [-0.05, 0) is 39.3 Å². The van der Waals surface area contributed by atoms with Crippen molar-refractivity contribution in [3.63, 3.8) is 0 Å². The SMILES string of the molecule is C=C(C)Cc1c(C)nn(C(=O)COc2ccc([N+](=O)[O-])cc2)c1C. The number of aromatic nitrogens is 2. The average molecular weight is 329 g/mol. The topological polar surface area (TPSA) is 87.3 Å². The third kappa shape index (κ3) is 3.87. The first-order valence-electron chi connectivity index (χ1n) is 7.39. The number of ether oxygens (including phenoxy) is 1. The van der Waals surface area contributed by atoms with Crippen LogP contribution in [-0.4, -0.2) is 27.2 Å². The Hall–Kier alpha value is -2.96. The first kappa shape index (κ1) is 17.4. The lowest BCUT2D eigenvalue weighted by molar-refractivity contribution is -0.384. The van der Waals surface area contributed by atoms with E-state index in [9.17, 15) is 14.9 Å². The fourth-order valence-electron chi connectivity index (χ4n) is 2.35. The van der Waals surface area contributed by atoms with Crippen molar-refractivity contribution >= 4 is 11.6 Å². The fraction of sp³-hybridized carbons (Fsp3) is 0.294. The molecule has 0 bridgehead atoms. The normalized spacial score (nSPS) is 10.5. The predicted molar refractivity (Wildman–Crippen MR) is 89.4 cm³/mol. The summed E-state index contributed by atoms with van der Waals surface area (Å²) in [7, 11) is 0. The van der Waals surface area contributed by atoms with E-state index in [1.165, 1.54) is 28.9 Å². The van der Waals surface area contributed by atoms with Crippen LogP contribution in [0.2, 0.25) is 0 Å². The highest BCUT2D eigenvalue weighted by molar-refractivity contribution is 5.80. The van der Waals surface area contributed by atoms with Crippen LogP contribution in [0.3, 0.4) is 0 Å². The molecule has 0 amide bonds. The molecule has 7 heteroatoms. The van der Waals surface area contributed by atoms with Gasteiger partial charge in [-0.3, -0.25) is 14.9 Å². The molecule has 0 aliphatic rings. The molecule has 7 nitrogen and oxygen atoms in total. The Morgan fingerprint density at radius 1 is 1.33 bits per heavy atom. The minimum Gasteiger partial charge on any atom is -0.484 e. The van der Waals surface area contributed by atoms with Gasteiger partial charge in [0.2, 0.25) is 0 Å². The van der Waals surface area contributed by atoms with Crippen molar-refractivity contribution in [2.24, 2.45) is 0 Å². The van der Waals surface area contributed by atoms with Gasteiger partial charge in [0, 0.05) is 23.4 Å². The molecule has 0 spiro atoms. The summed E-state index contributed by atoms with van der Waals surface area (Å²) in [4.78, 5) is 22.4. The Kier molecular flexibility index (Phi) is 5.13. The number of hydrogen-bond acceptors (Lipinski definition) is 5. The predicted octanol–water partition coefficient (Wildman–Crippen LogP) is 3.25. The molecule has 126 valence electrons. The fourth-order valence-corrected chi connectivity index (χ4v) is 2.35. The molecule has 1 heterocycles.